The molecule has 0 unspecified atom stereocenters. The van der Waals surface area contributed by atoms with E-state index in [2.05, 4.69) is 20.5 Å². The topological polar surface area (TPSA) is 70.7 Å². The van der Waals surface area contributed by atoms with Crippen molar-refractivity contribution in [3.63, 3.8) is 0 Å². The number of carbonyl (C=O) groups is 1. The minimum absolute atomic E-state index is 0.0797. The molecule has 1 aromatic heterocycles. The second-order valence-corrected chi connectivity index (χ2v) is 4.61. The van der Waals surface area contributed by atoms with E-state index < -0.39 is 11.6 Å². The highest BCUT2D eigenvalue weighted by Crippen LogP contribution is 2.15. The molecule has 5 nitrogen and oxygen atoms in total. The Hall–Kier alpha value is -1.96. The molecule has 19 heavy (non-hydrogen) atoms. The van der Waals surface area contributed by atoms with E-state index >= 15 is 0 Å². The fraction of sp³-hybridized carbons (Fsp3) is 0.182. The fourth-order valence-electron chi connectivity index (χ4n) is 1.29. The van der Waals surface area contributed by atoms with E-state index in [0.717, 1.165) is 23.9 Å². The van der Waals surface area contributed by atoms with Gasteiger partial charge in [0.2, 0.25) is 11.1 Å². The molecule has 0 atom stereocenters. The molecule has 1 amide bonds. The smallest absolute Gasteiger partial charge is 0.234 e. The summed E-state index contributed by atoms with van der Waals surface area (Å²) in [7, 11) is 0. The van der Waals surface area contributed by atoms with E-state index in [0.29, 0.717) is 11.0 Å². The number of rotatable bonds is 4. The number of thioether (sulfide) groups is 1. The highest BCUT2D eigenvalue weighted by molar-refractivity contribution is 7.99. The van der Waals surface area contributed by atoms with E-state index in [1.165, 1.54) is 6.07 Å². The molecule has 2 aromatic rings. The van der Waals surface area contributed by atoms with Crippen LogP contribution in [-0.2, 0) is 4.79 Å². The maximum Gasteiger partial charge on any atom is 0.234 e. The predicted molar refractivity (Wildman–Crippen MR) is 66.8 cm³/mol. The van der Waals surface area contributed by atoms with Crippen LogP contribution in [0.5, 0.6) is 0 Å². The molecule has 2 rings (SSSR count). The summed E-state index contributed by atoms with van der Waals surface area (Å²) in [6, 6.07) is 3.17. The normalized spacial score (nSPS) is 10.5. The van der Waals surface area contributed by atoms with Crippen molar-refractivity contribution in [1.29, 1.82) is 0 Å². The summed E-state index contributed by atoms with van der Waals surface area (Å²) in [6.07, 6.45) is 0. The molecule has 1 aromatic carbocycles. The third-order valence-electron chi connectivity index (χ3n) is 2.11. The standard InChI is InChI=1S/C11H10F2N4OS/c1-6-14-11(17-16-6)19-5-10(18)15-7-2-3-8(12)9(13)4-7/h2-4H,5H2,1H3,(H,15,18)(H,14,16,17). The van der Waals surface area contributed by atoms with Crippen LogP contribution >= 0.6 is 11.8 Å². The van der Waals surface area contributed by atoms with E-state index in [4.69, 9.17) is 0 Å². The SMILES string of the molecule is Cc1nc(SCC(=O)Nc2ccc(F)c(F)c2)n[nH]1. The van der Waals surface area contributed by atoms with Crippen molar-refractivity contribution in [3.8, 4) is 0 Å². The maximum atomic E-state index is 12.9. The van der Waals surface area contributed by atoms with Crippen molar-refractivity contribution in [2.75, 3.05) is 11.1 Å². The monoisotopic (exact) mass is 284 g/mol. The van der Waals surface area contributed by atoms with Gasteiger partial charge in [0.25, 0.3) is 0 Å². The average molecular weight is 284 g/mol. The number of H-pyrrole nitrogens is 1. The Morgan fingerprint density at radius 2 is 2.21 bits per heavy atom. The van der Waals surface area contributed by atoms with Gasteiger partial charge in [-0.2, -0.15) is 0 Å². The molecule has 0 saturated heterocycles. The second-order valence-electron chi connectivity index (χ2n) is 3.67. The molecule has 1 heterocycles. The molecule has 0 aliphatic heterocycles. The first kappa shape index (κ1) is 13.5. The van der Waals surface area contributed by atoms with Crippen molar-refractivity contribution in [2.45, 2.75) is 12.1 Å². The Bertz CT molecular complexity index is 602. The van der Waals surface area contributed by atoms with E-state index in [1.54, 1.807) is 6.92 Å². The Balaban J connectivity index is 1.88. The van der Waals surface area contributed by atoms with Crippen molar-refractivity contribution in [2.24, 2.45) is 0 Å². The van der Waals surface area contributed by atoms with Crippen LogP contribution in [0, 0.1) is 18.6 Å². The fourth-order valence-corrected chi connectivity index (χ4v) is 1.93. The molecular weight excluding hydrogens is 274 g/mol. The van der Waals surface area contributed by atoms with Gasteiger partial charge >= 0.3 is 0 Å². The van der Waals surface area contributed by atoms with E-state index in [1.807, 2.05) is 0 Å². The maximum absolute atomic E-state index is 12.9. The average Bonchev–Trinajstić information content (AvgIpc) is 2.77. The largest absolute Gasteiger partial charge is 0.325 e. The Labute approximate surface area is 111 Å². The quantitative estimate of drug-likeness (QED) is 0.844. The number of aryl methyl sites for hydroxylation is 1. The van der Waals surface area contributed by atoms with Gasteiger partial charge in [0.15, 0.2) is 11.6 Å². The summed E-state index contributed by atoms with van der Waals surface area (Å²) in [5.74, 6) is -1.57. The number of nitrogens with one attached hydrogen (secondary N) is 2. The highest BCUT2D eigenvalue weighted by Gasteiger charge is 2.08. The Morgan fingerprint density at radius 1 is 1.42 bits per heavy atom. The van der Waals surface area contributed by atoms with Gasteiger partial charge in [-0.3, -0.25) is 9.89 Å². The summed E-state index contributed by atoms with van der Waals surface area (Å²) in [5, 5.41) is 9.42. The minimum Gasteiger partial charge on any atom is -0.325 e. The van der Waals surface area contributed by atoms with Crippen LogP contribution < -0.4 is 5.32 Å². The third kappa shape index (κ3) is 3.75. The van der Waals surface area contributed by atoms with Crippen molar-refractivity contribution in [1.82, 2.24) is 15.2 Å². The predicted octanol–water partition coefficient (Wildman–Crippen LogP) is 2.12. The van der Waals surface area contributed by atoms with Gasteiger partial charge < -0.3 is 5.32 Å². The van der Waals surface area contributed by atoms with Gasteiger partial charge in [0.05, 0.1) is 5.75 Å². The Kier molecular flexibility index (Phi) is 4.10. The molecule has 0 bridgehead atoms. The van der Waals surface area contributed by atoms with Gasteiger partial charge in [0.1, 0.15) is 5.82 Å². The summed E-state index contributed by atoms with van der Waals surface area (Å²) in [5.41, 5.74) is 0.204. The molecule has 0 aliphatic rings. The number of aromatic amines is 1. The molecule has 0 radical (unpaired) electrons. The number of benzene rings is 1. The van der Waals surface area contributed by atoms with Gasteiger partial charge in [0, 0.05) is 11.8 Å². The first-order valence-electron chi connectivity index (χ1n) is 5.31. The number of amides is 1. The van der Waals surface area contributed by atoms with Crippen LogP contribution in [0.1, 0.15) is 5.82 Å². The van der Waals surface area contributed by atoms with Crippen LogP contribution in [0.15, 0.2) is 23.4 Å². The van der Waals surface area contributed by atoms with Crippen LogP contribution in [0.4, 0.5) is 14.5 Å². The first-order valence-corrected chi connectivity index (χ1v) is 6.30. The lowest BCUT2D eigenvalue weighted by Crippen LogP contribution is -2.14. The molecule has 0 aliphatic carbocycles. The number of aromatic nitrogens is 3. The molecule has 0 fully saturated rings. The first-order chi connectivity index (χ1) is 9.04. The van der Waals surface area contributed by atoms with Crippen LogP contribution in [-0.4, -0.2) is 26.8 Å². The molecule has 0 saturated carbocycles. The molecule has 8 heteroatoms. The van der Waals surface area contributed by atoms with Gasteiger partial charge in [-0.25, -0.2) is 13.8 Å². The number of halogens is 2. The number of anilines is 1. The van der Waals surface area contributed by atoms with Crippen molar-refractivity contribution < 1.29 is 13.6 Å². The Morgan fingerprint density at radius 3 is 2.84 bits per heavy atom. The number of hydrogen-bond acceptors (Lipinski definition) is 4. The summed E-state index contributed by atoms with van der Waals surface area (Å²) >= 11 is 1.14. The zero-order chi connectivity index (χ0) is 13.8. The van der Waals surface area contributed by atoms with Gasteiger partial charge in [-0.05, 0) is 19.1 Å². The molecule has 2 N–H and O–H groups in total. The summed E-state index contributed by atoms with van der Waals surface area (Å²) < 4.78 is 25.6. The lowest BCUT2D eigenvalue weighted by Gasteiger charge is -2.04. The molecule has 0 spiro atoms. The number of nitrogens with zero attached hydrogens (tertiary/aromatic N) is 2. The summed E-state index contributed by atoms with van der Waals surface area (Å²) in [6.45, 7) is 1.75. The molecule has 100 valence electrons. The third-order valence-corrected chi connectivity index (χ3v) is 2.96. The van der Waals surface area contributed by atoms with E-state index in [-0.39, 0.29) is 17.3 Å². The van der Waals surface area contributed by atoms with Crippen LogP contribution in [0.25, 0.3) is 0 Å². The van der Waals surface area contributed by atoms with Crippen molar-refractivity contribution >= 4 is 23.4 Å². The lowest BCUT2D eigenvalue weighted by molar-refractivity contribution is -0.113. The highest BCUT2D eigenvalue weighted by atomic mass is 32.2. The van der Waals surface area contributed by atoms with Gasteiger partial charge in [-0.1, -0.05) is 11.8 Å². The van der Waals surface area contributed by atoms with Crippen LogP contribution in [0.2, 0.25) is 0 Å². The van der Waals surface area contributed by atoms with E-state index in [9.17, 15) is 13.6 Å². The zero-order valence-electron chi connectivity index (χ0n) is 9.91. The second kappa shape index (κ2) is 5.79. The number of hydrogen-bond donors (Lipinski definition) is 2. The van der Waals surface area contributed by atoms with Crippen molar-refractivity contribution in [3.05, 3.63) is 35.7 Å². The number of carbonyl (C=O) groups excluding carboxylic acids is 1. The lowest BCUT2D eigenvalue weighted by atomic mass is 10.3. The van der Waals surface area contributed by atoms with Gasteiger partial charge in [-0.15, -0.1) is 5.10 Å². The summed E-state index contributed by atoms with van der Waals surface area (Å²) in [4.78, 5) is 15.6. The molecular formula is C11H10F2N4OS. The zero-order valence-corrected chi connectivity index (χ0v) is 10.7. The minimum atomic E-state index is -1.00. The van der Waals surface area contributed by atoms with Crippen LogP contribution in [0.3, 0.4) is 0 Å².